The quantitative estimate of drug-likeness (QED) is 0.788. The van der Waals surface area contributed by atoms with Crippen LogP contribution in [0.5, 0.6) is 0 Å². The summed E-state index contributed by atoms with van der Waals surface area (Å²) in [6, 6.07) is 12.3. The summed E-state index contributed by atoms with van der Waals surface area (Å²) in [6.45, 7) is 0.445. The van der Waals surface area contributed by atoms with E-state index in [9.17, 15) is 17.6 Å². The molecule has 8 heteroatoms. The molecule has 1 N–H and O–H groups in total. The molecule has 1 heterocycles. The van der Waals surface area contributed by atoms with Crippen molar-refractivity contribution in [1.82, 2.24) is 4.31 Å². The van der Waals surface area contributed by atoms with Crippen molar-refractivity contribution in [3.63, 3.8) is 0 Å². The number of piperidine rings is 1. The molecule has 138 valence electrons. The Hall–Kier alpha value is -1.77. The van der Waals surface area contributed by atoms with Crippen LogP contribution in [0.25, 0.3) is 0 Å². The number of sulfonamides is 1. The first-order valence-corrected chi connectivity index (χ1v) is 10.4. The number of para-hydroxylation sites is 1. The van der Waals surface area contributed by atoms with Gasteiger partial charge in [0.05, 0.1) is 16.5 Å². The molecule has 0 spiro atoms. The van der Waals surface area contributed by atoms with Gasteiger partial charge in [-0.3, -0.25) is 4.79 Å². The maximum Gasteiger partial charge on any atom is 0.243 e. The Kier molecular flexibility index (Phi) is 5.74. The minimum atomic E-state index is -3.67. The SMILES string of the molecule is O=C(Nc1ccccc1F)[C@@H]1CCCN(S(=O)(=O)c2ccc(Br)cc2)C1. The van der Waals surface area contributed by atoms with E-state index < -0.39 is 21.8 Å². The van der Waals surface area contributed by atoms with Crippen LogP contribution in [0, 0.1) is 11.7 Å². The highest BCUT2D eigenvalue weighted by molar-refractivity contribution is 9.10. The number of rotatable bonds is 4. The predicted molar refractivity (Wildman–Crippen MR) is 101 cm³/mol. The van der Waals surface area contributed by atoms with Crippen molar-refractivity contribution < 1.29 is 17.6 Å². The van der Waals surface area contributed by atoms with Crippen molar-refractivity contribution in [2.45, 2.75) is 17.7 Å². The monoisotopic (exact) mass is 440 g/mol. The molecule has 5 nitrogen and oxygen atoms in total. The molecule has 0 saturated carbocycles. The second-order valence-corrected chi connectivity index (χ2v) is 8.98. The van der Waals surface area contributed by atoms with E-state index in [1.165, 1.54) is 34.6 Å². The van der Waals surface area contributed by atoms with Crippen LogP contribution in [0.4, 0.5) is 10.1 Å². The zero-order valence-corrected chi connectivity index (χ0v) is 16.3. The summed E-state index contributed by atoms with van der Waals surface area (Å²) in [5, 5.41) is 2.56. The highest BCUT2D eigenvalue weighted by atomic mass is 79.9. The fraction of sp³-hybridized carbons (Fsp3) is 0.278. The third-order valence-corrected chi connectivity index (χ3v) is 6.75. The fourth-order valence-electron chi connectivity index (χ4n) is 2.93. The van der Waals surface area contributed by atoms with Gasteiger partial charge in [0.25, 0.3) is 0 Å². The summed E-state index contributed by atoms with van der Waals surface area (Å²) < 4.78 is 41.4. The number of anilines is 1. The highest BCUT2D eigenvalue weighted by Crippen LogP contribution is 2.26. The maximum absolute atomic E-state index is 13.7. The molecule has 1 aliphatic heterocycles. The summed E-state index contributed by atoms with van der Waals surface area (Å²) in [6.07, 6.45) is 1.14. The van der Waals surface area contributed by atoms with Crippen molar-refractivity contribution in [3.05, 3.63) is 58.8 Å². The van der Waals surface area contributed by atoms with Gasteiger partial charge in [-0.25, -0.2) is 12.8 Å². The van der Waals surface area contributed by atoms with Crippen LogP contribution in [0.2, 0.25) is 0 Å². The number of benzene rings is 2. The summed E-state index contributed by atoms with van der Waals surface area (Å²) in [5.74, 6) is -1.41. The van der Waals surface area contributed by atoms with Crippen LogP contribution in [0.15, 0.2) is 57.9 Å². The van der Waals surface area contributed by atoms with E-state index >= 15 is 0 Å². The van der Waals surface area contributed by atoms with Crippen LogP contribution < -0.4 is 5.32 Å². The molecule has 1 amide bonds. The number of nitrogens with zero attached hydrogens (tertiary/aromatic N) is 1. The normalized spacial score (nSPS) is 18.5. The van der Waals surface area contributed by atoms with Crippen molar-refractivity contribution in [3.8, 4) is 0 Å². The summed E-state index contributed by atoms with van der Waals surface area (Å²) in [7, 11) is -3.67. The van der Waals surface area contributed by atoms with E-state index in [0.29, 0.717) is 19.4 Å². The van der Waals surface area contributed by atoms with E-state index in [2.05, 4.69) is 21.2 Å². The molecule has 0 aliphatic carbocycles. The van der Waals surface area contributed by atoms with Crippen molar-refractivity contribution in [2.75, 3.05) is 18.4 Å². The molecule has 3 rings (SSSR count). The first kappa shape index (κ1) is 19.0. The van der Waals surface area contributed by atoms with Gasteiger partial charge < -0.3 is 5.32 Å². The second kappa shape index (κ2) is 7.85. The van der Waals surface area contributed by atoms with Gasteiger partial charge in [-0.1, -0.05) is 28.1 Å². The van der Waals surface area contributed by atoms with E-state index in [4.69, 9.17) is 0 Å². The van der Waals surface area contributed by atoms with Crippen LogP contribution in [-0.2, 0) is 14.8 Å². The Balaban J connectivity index is 1.73. The molecular formula is C18H18BrFN2O3S. The summed E-state index contributed by atoms with van der Waals surface area (Å²) >= 11 is 3.28. The Bertz CT molecular complexity index is 903. The topological polar surface area (TPSA) is 66.5 Å². The van der Waals surface area contributed by atoms with Gasteiger partial charge in [0.2, 0.25) is 15.9 Å². The molecule has 1 fully saturated rings. The third kappa shape index (κ3) is 4.13. The van der Waals surface area contributed by atoms with Gasteiger partial charge in [-0.2, -0.15) is 4.31 Å². The number of nitrogens with one attached hydrogen (secondary N) is 1. The van der Waals surface area contributed by atoms with Gasteiger partial charge in [0.15, 0.2) is 0 Å². The molecule has 0 radical (unpaired) electrons. The molecule has 1 atom stereocenters. The second-order valence-electron chi connectivity index (χ2n) is 6.13. The van der Waals surface area contributed by atoms with Gasteiger partial charge in [-0.05, 0) is 49.2 Å². The molecule has 2 aromatic carbocycles. The minimum absolute atomic E-state index is 0.0820. The highest BCUT2D eigenvalue weighted by Gasteiger charge is 2.33. The lowest BCUT2D eigenvalue weighted by molar-refractivity contribution is -0.120. The smallest absolute Gasteiger partial charge is 0.243 e. The van der Waals surface area contributed by atoms with Crippen LogP contribution in [-0.4, -0.2) is 31.7 Å². The summed E-state index contributed by atoms with van der Waals surface area (Å²) in [5.41, 5.74) is 0.102. The van der Waals surface area contributed by atoms with Crippen LogP contribution >= 0.6 is 15.9 Å². The van der Waals surface area contributed by atoms with Crippen LogP contribution in [0.3, 0.4) is 0 Å². The molecule has 1 aliphatic rings. The average Bonchev–Trinajstić information content (AvgIpc) is 2.64. The third-order valence-electron chi connectivity index (χ3n) is 4.34. The van der Waals surface area contributed by atoms with Crippen LogP contribution in [0.1, 0.15) is 12.8 Å². The lowest BCUT2D eigenvalue weighted by Gasteiger charge is -2.31. The lowest BCUT2D eigenvalue weighted by atomic mass is 9.98. The van der Waals surface area contributed by atoms with Crippen molar-refractivity contribution in [2.24, 2.45) is 5.92 Å². The lowest BCUT2D eigenvalue weighted by Crippen LogP contribution is -2.43. The van der Waals surface area contributed by atoms with Gasteiger partial charge in [-0.15, -0.1) is 0 Å². The number of hydrogen-bond acceptors (Lipinski definition) is 3. The zero-order valence-electron chi connectivity index (χ0n) is 13.9. The molecule has 26 heavy (non-hydrogen) atoms. The Labute approximate surface area is 160 Å². The first-order chi connectivity index (χ1) is 12.4. The van der Waals surface area contributed by atoms with Gasteiger partial charge >= 0.3 is 0 Å². The first-order valence-electron chi connectivity index (χ1n) is 8.19. The number of halogens is 2. The van der Waals surface area contributed by atoms with Crippen molar-refractivity contribution in [1.29, 1.82) is 0 Å². The molecule has 0 bridgehead atoms. The van der Waals surface area contributed by atoms with E-state index in [1.54, 1.807) is 18.2 Å². The van der Waals surface area contributed by atoms with Crippen molar-refractivity contribution >= 4 is 37.5 Å². The van der Waals surface area contributed by atoms with E-state index in [-0.39, 0.29) is 23.0 Å². The molecule has 2 aromatic rings. The Morgan fingerprint density at radius 3 is 2.54 bits per heavy atom. The van der Waals surface area contributed by atoms with E-state index in [1.807, 2.05) is 0 Å². The standard InChI is InChI=1S/C18H18BrFN2O3S/c19-14-7-9-15(10-8-14)26(24,25)22-11-3-4-13(12-22)18(23)21-17-6-2-1-5-16(17)20/h1-2,5-10,13H,3-4,11-12H2,(H,21,23)/t13-/m1/s1. The number of carbonyl (C=O) groups is 1. The summed E-state index contributed by atoms with van der Waals surface area (Å²) in [4.78, 5) is 12.7. The Morgan fingerprint density at radius 2 is 1.85 bits per heavy atom. The number of amides is 1. The molecular weight excluding hydrogens is 423 g/mol. The minimum Gasteiger partial charge on any atom is -0.323 e. The largest absolute Gasteiger partial charge is 0.323 e. The zero-order chi connectivity index (χ0) is 18.7. The molecule has 0 unspecified atom stereocenters. The average molecular weight is 441 g/mol. The van der Waals surface area contributed by atoms with E-state index in [0.717, 1.165) is 4.47 Å². The Morgan fingerprint density at radius 1 is 1.15 bits per heavy atom. The maximum atomic E-state index is 13.7. The predicted octanol–water partition coefficient (Wildman–Crippen LogP) is 3.63. The van der Waals surface area contributed by atoms with Gasteiger partial charge in [0.1, 0.15) is 5.82 Å². The number of carbonyl (C=O) groups excluding carboxylic acids is 1. The molecule has 1 saturated heterocycles. The number of hydrogen-bond donors (Lipinski definition) is 1. The molecule has 0 aromatic heterocycles. The fourth-order valence-corrected chi connectivity index (χ4v) is 4.72. The van der Waals surface area contributed by atoms with Gasteiger partial charge in [0, 0.05) is 17.6 Å².